The maximum atomic E-state index is 6.32. The molecule has 0 saturated heterocycles. The highest BCUT2D eigenvalue weighted by Gasteiger charge is 2.40. The first-order valence-corrected chi connectivity index (χ1v) is 8.98. The van der Waals surface area contributed by atoms with Crippen LogP contribution in [0.15, 0.2) is 77.2 Å². The zero-order chi connectivity index (χ0) is 15.9. The number of rotatable bonds is 2. The molecule has 0 fully saturated rings. The molecule has 2 aliphatic heterocycles. The average Bonchev–Trinajstić information content (AvgIpc) is 3.31. The summed E-state index contributed by atoms with van der Waals surface area (Å²) in [5, 5.41) is 9.18. The number of para-hydroxylation sites is 1. The molecular formula is C20H16N2OS. The van der Waals surface area contributed by atoms with E-state index in [0.717, 1.165) is 23.4 Å². The summed E-state index contributed by atoms with van der Waals surface area (Å²) in [6.45, 7) is 0. The lowest BCUT2D eigenvalue weighted by Gasteiger charge is -2.38. The van der Waals surface area contributed by atoms with Crippen LogP contribution in [0.4, 0.5) is 0 Å². The SMILES string of the molecule is c1ccc([C@H]2Oc3ccccc3[C@@H]3CC(c4cccs4)=NN23)cc1. The monoisotopic (exact) mass is 332 g/mol. The summed E-state index contributed by atoms with van der Waals surface area (Å²) in [7, 11) is 0. The van der Waals surface area contributed by atoms with Gasteiger partial charge in [0.2, 0.25) is 6.23 Å². The van der Waals surface area contributed by atoms with Crippen LogP contribution >= 0.6 is 11.3 Å². The van der Waals surface area contributed by atoms with Gasteiger partial charge in [-0.3, -0.25) is 0 Å². The van der Waals surface area contributed by atoms with Crippen LogP contribution in [0.5, 0.6) is 5.75 Å². The molecule has 3 nitrogen and oxygen atoms in total. The van der Waals surface area contributed by atoms with E-state index in [2.05, 4.69) is 52.9 Å². The van der Waals surface area contributed by atoms with E-state index in [1.54, 1.807) is 11.3 Å². The van der Waals surface area contributed by atoms with Crippen molar-refractivity contribution in [3.05, 3.63) is 88.1 Å². The van der Waals surface area contributed by atoms with Crippen LogP contribution in [0, 0.1) is 0 Å². The molecule has 0 amide bonds. The molecule has 3 heterocycles. The van der Waals surface area contributed by atoms with Crippen LogP contribution in [0.25, 0.3) is 0 Å². The highest BCUT2D eigenvalue weighted by molar-refractivity contribution is 7.12. The van der Waals surface area contributed by atoms with E-state index < -0.39 is 0 Å². The Labute approximate surface area is 144 Å². The fraction of sp³-hybridized carbons (Fsp3) is 0.150. The summed E-state index contributed by atoms with van der Waals surface area (Å²) in [4.78, 5) is 1.24. The zero-order valence-electron chi connectivity index (χ0n) is 13.0. The van der Waals surface area contributed by atoms with Crippen molar-refractivity contribution in [3.63, 3.8) is 0 Å². The van der Waals surface area contributed by atoms with E-state index in [9.17, 15) is 0 Å². The van der Waals surface area contributed by atoms with Gasteiger partial charge in [-0.05, 0) is 17.5 Å². The Balaban J connectivity index is 1.62. The Bertz CT molecular complexity index is 889. The second kappa shape index (κ2) is 5.49. The van der Waals surface area contributed by atoms with Gasteiger partial charge >= 0.3 is 0 Å². The van der Waals surface area contributed by atoms with E-state index >= 15 is 0 Å². The standard InChI is InChI=1S/C20H16N2OS/c1-2-7-14(8-3-1)20-22-17(15-9-4-5-10-18(15)23-20)13-16(21-22)19-11-6-12-24-19/h1-12,17,20H,13H2/t17-,20+/m0/s1. The average molecular weight is 332 g/mol. The van der Waals surface area contributed by atoms with E-state index in [0.29, 0.717) is 0 Å². The molecule has 2 aliphatic rings. The third-order valence-electron chi connectivity index (χ3n) is 4.59. The minimum atomic E-state index is -0.177. The fourth-order valence-corrected chi connectivity index (χ4v) is 4.18. The van der Waals surface area contributed by atoms with Crippen molar-refractivity contribution in [1.29, 1.82) is 0 Å². The van der Waals surface area contributed by atoms with Crippen LogP contribution in [0.3, 0.4) is 0 Å². The number of benzene rings is 2. The van der Waals surface area contributed by atoms with Gasteiger partial charge in [-0.25, -0.2) is 5.01 Å². The smallest absolute Gasteiger partial charge is 0.213 e. The third-order valence-corrected chi connectivity index (χ3v) is 5.51. The first-order valence-electron chi connectivity index (χ1n) is 8.10. The molecule has 4 heteroatoms. The molecule has 0 aliphatic carbocycles. The second-order valence-electron chi connectivity index (χ2n) is 6.04. The van der Waals surface area contributed by atoms with E-state index in [-0.39, 0.29) is 12.3 Å². The van der Waals surface area contributed by atoms with Gasteiger partial charge in [0.25, 0.3) is 0 Å². The Morgan fingerprint density at radius 1 is 0.958 bits per heavy atom. The molecule has 3 aromatic rings. The quantitative estimate of drug-likeness (QED) is 0.660. The number of ether oxygens (including phenoxy) is 1. The van der Waals surface area contributed by atoms with Gasteiger partial charge in [0.05, 0.1) is 16.6 Å². The molecular weight excluding hydrogens is 316 g/mol. The van der Waals surface area contributed by atoms with Gasteiger partial charge in [0, 0.05) is 17.5 Å². The molecule has 0 N–H and O–H groups in total. The largest absolute Gasteiger partial charge is 0.464 e. The van der Waals surface area contributed by atoms with Crippen LogP contribution < -0.4 is 4.74 Å². The number of nitrogens with zero attached hydrogens (tertiary/aromatic N) is 2. The first-order chi connectivity index (χ1) is 11.9. The molecule has 5 rings (SSSR count). The predicted octanol–water partition coefficient (Wildman–Crippen LogP) is 4.99. The Hall–Kier alpha value is -2.59. The zero-order valence-corrected chi connectivity index (χ0v) is 13.8. The fourth-order valence-electron chi connectivity index (χ4n) is 3.46. The summed E-state index contributed by atoms with van der Waals surface area (Å²) in [5.41, 5.74) is 3.50. The number of hydrazone groups is 1. The molecule has 0 radical (unpaired) electrons. The molecule has 2 aromatic carbocycles. The second-order valence-corrected chi connectivity index (χ2v) is 6.99. The van der Waals surface area contributed by atoms with Crippen molar-refractivity contribution in [1.82, 2.24) is 5.01 Å². The summed E-state index contributed by atoms with van der Waals surface area (Å²) in [5.74, 6) is 0.968. The summed E-state index contributed by atoms with van der Waals surface area (Å²) in [6.07, 6.45) is 0.744. The number of hydrogen-bond acceptors (Lipinski definition) is 4. The lowest BCUT2D eigenvalue weighted by atomic mass is 9.98. The highest BCUT2D eigenvalue weighted by Crippen LogP contribution is 2.47. The van der Waals surface area contributed by atoms with Crippen LogP contribution in [0.1, 0.15) is 34.7 Å². The van der Waals surface area contributed by atoms with Gasteiger partial charge in [-0.1, -0.05) is 54.6 Å². The Kier molecular flexibility index (Phi) is 3.16. The van der Waals surface area contributed by atoms with Gasteiger partial charge in [0.15, 0.2) is 0 Å². The normalized spacial score (nSPS) is 21.7. The molecule has 0 unspecified atom stereocenters. The van der Waals surface area contributed by atoms with Crippen molar-refractivity contribution in [2.75, 3.05) is 0 Å². The minimum Gasteiger partial charge on any atom is -0.464 e. The van der Waals surface area contributed by atoms with Crippen molar-refractivity contribution < 1.29 is 4.74 Å². The van der Waals surface area contributed by atoms with Gasteiger partial charge in [0.1, 0.15) is 5.75 Å². The maximum Gasteiger partial charge on any atom is 0.213 e. The van der Waals surface area contributed by atoms with Crippen molar-refractivity contribution >= 4 is 17.0 Å². The highest BCUT2D eigenvalue weighted by atomic mass is 32.1. The van der Waals surface area contributed by atoms with Gasteiger partial charge in [-0.2, -0.15) is 5.10 Å². The summed E-state index contributed by atoms with van der Waals surface area (Å²) in [6, 6.07) is 23.1. The number of hydrogen-bond donors (Lipinski definition) is 0. The van der Waals surface area contributed by atoms with E-state index in [1.165, 1.54) is 10.4 Å². The lowest BCUT2D eigenvalue weighted by Crippen LogP contribution is -2.33. The summed E-state index contributed by atoms with van der Waals surface area (Å²) >= 11 is 1.75. The minimum absolute atomic E-state index is 0.177. The third kappa shape index (κ3) is 2.14. The van der Waals surface area contributed by atoms with Gasteiger partial charge < -0.3 is 4.74 Å². The molecule has 24 heavy (non-hydrogen) atoms. The Morgan fingerprint density at radius 2 is 1.79 bits per heavy atom. The van der Waals surface area contributed by atoms with Crippen molar-refractivity contribution in [3.8, 4) is 5.75 Å². The van der Waals surface area contributed by atoms with Crippen molar-refractivity contribution in [2.45, 2.75) is 18.7 Å². The summed E-state index contributed by atoms with van der Waals surface area (Å²) < 4.78 is 6.32. The lowest BCUT2D eigenvalue weighted by molar-refractivity contribution is -0.0190. The van der Waals surface area contributed by atoms with Crippen molar-refractivity contribution in [2.24, 2.45) is 5.10 Å². The maximum absolute atomic E-state index is 6.32. The van der Waals surface area contributed by atoms with E-state index in [4.69, 9.17) is 9.84 Å². The molecule has 0 saturated carbocycles. The van der Waals surface area contributed by atoms with E-state index in [1.807, 2.05) is 24.3 Å². The first kappa shape index (κ1) is 13.8. The predicted molar refractivity (Wildman–Crippen MR) is 96.3 cm³/mol. The topological polar surface area (TPSA) is 24.8 Å². The molecule has 2 atom stereocenters. The number of fused-ring (bicyclic) bond motifs is 3. The molecule has 0 spiro atoms. The van der Waals surface area contributed by atoms with Crippen LogP contribution in [-0.4, -0.2) is 10.7 Å². The Morgan fingerprint density at radius 3 is 2.62 bits per heavy atom. The number of thiophene rings is 1. The van der Waals surface area contributed by atoms with Crippen LogP contribution in [0.2, 0.25) is 0 Å². The van der Waals surface area contributed by atoms with Crippen LogP contribution in [-0.2, 0) is 0 Å². The molecule has 0 bridgehead atoms. The van der Waals surface area contributed by atoms with Gasteiger partial charge in [-0.15, -0.1) is 11.3 Å². The molecule has 118 valence electrons. The molecule has 1 aromatic heterocycles.